The Morgan fingerprint density at radius 3 is 2.79 bits per heavy atom. The first-order valence-electron chi connectivity index (χ1n) is 5.28. The molecule has 0 amide bonds. The van der Waals surface area contributed by atoms with E-state index in [0.717, 1.165) is 18.0 Å². The van der Waals surface area contributed by atoms with Crippen molar-refractivity contribution < 1.29 is 0 Å². The maximum atomic E-state index is 4.32. The second-order valence-corrected chi connectivity index (χ2v) is 4.15. The lowest BCUT2D eigenvalue weighted by molar-refractivity contribution is 0.218. The van der Waals surface area contributed by atoms with E-state index in [-0.39, 0.29) is 0 Å². The number of nitrogens with zero attached hydrogens (tertiary/aromatic N) is 3. The van der Waals surface area contributed by atoms with Gasteiger partial charge in [0, 0.05) is 18.6 Å². The van der Waals surface area contributed by atoms with Crippen molar-refractivity contribution in [3.05, 3.63) is 24.3 Å². The van der Waals surface area contributed by atoms with E-state index in [2.05, 4.69) is 21.9 Å². The van der Waals surface area contributed by atoms with Crippen LogP contribution in [0.4, 0.5) is 0 Å². The van der Waals surface area contributed by atoms with Gasteiger partial charge >= 0.3 is 0 Å². The van der Waals surface area contributed by atoms with E-state index in [0.29, 0.717) is 0 Å². The van der Waals surface area contributed by atoms with Crippen LogP contribution in [-0.2, 0) is 6.42 Å². The van der Waals surface area contributed by atoms with E-state index in [1.165, 1.54) is 25.9 Å². The first-order chi connectivity index (χ1) is 6.84. The summed E-state index contributed by atoms with van der Waals surface area (Å²) < 4.78 is 0. The van der Waals surface area contributed by atoms with Crippen molar-refractivity contribution in [2.24, 2.45) is 5.92 Å². The van der Waals surface area contributed by atoms with Crippen molar-refractivity contribution in [1.82, 2.24) is 14.9 Å². The molecular weight excluding hydrogens is 174 g/mol. The topological polar surface area (TPSA) is 29.0 Å². The summed E-state index contributed by atoms with van der Waals surface area (Å²) in [5.41, 5.74) is 1.14. The van der Waals surface area contributed by atoms with Gasteiger partial charge in [0.25, 0.3) is 0 Å². The van der Waals surface area contributed by atoms with Crippen molar-refractivity contribution in [2.75, 3.05) is 20.1 Å². The van der Waals surface area contributed by atoms with E-state index in [4.69, 9.17) is 0 Å². The largest absolute Gasteiger partial charge is 0.306 e. The van der Waals surface area contributed by atoms with Crippen LogP contribution < -0.4 is 0 Å². The summed E-state index contributed by atoms with van der Waals surface area (Å²) in [5.74, 6) is 0.808. The van der Waals surface area contributed by atoms with E-state index in [9.17, 15) is 0 Å². The monoisotopic (exact) mass is 191 g/mol. The van der Waals surface area contributed by atoms with Crippen LogP contribution in [0.1, 0.15) is 18.5 Å². The Morgan fingerprint density at radius 1 is 1.36 bits per heavy atom. The molecule has 0 saturated carbocycles. The molecule has 1 fully saturated rings. The van der Waals surface area contributed by atoms with Crippen molar-refractivity contribution in [3.63, 3.8) is 0 Å². The molecule has 1 aliphatic rings. The van der Waals surface area contributed by atoms with Crippen LogP contribution in [0.3, 0.4) is 0 Å². The summed E-state index contributed by atoms with van der Waals surface area (Å²) in [6.45, 7) is 2.45. The third kappa shape index (κ3) is 2.51. The van der Waals surface area contributed by atoms with Gasteiger partial charge in [-0.05, 0) is 45.3 Å². The summed E-state index contributed by atoms with van der Waals surface area (Å²) in [7, 11) is 2.19. The molecule has 14 heavy (non-hydrogen) atoms. The normalized spacial score (nSPS) is 19.8. The zero-order valence-electron chi connectivity index (χ0n) is 8.69. The second-order valence-electron chi connectivity index (χ2n) is 4.15. The average Bonchev–Trinajstić information content (AvgIpc) is 2.23. The van der Waals surface area contributed by atoms with E-state index < -0.39 is 0 Å². The molecule has 0 spiro atoms. The number of likely N-dealkylation sites (tertiary alicyclic amines) is 1. The maximum Gasteiger partial charge on any atom is 0.0589 e. The molecular formula is C11H17N3. The number of aromatic nitrogens is 2. The van der Waals surface area contributed by atoms with Gasteiger partial charge in [0.15, 0.2) is 0 Å². The minimum Gasteiger partial charge on any atom is -0.306 e. The van der Waals surface area contributed by atoms with Gasteiger partial charge in [-0.1, -0.05) is 0 Å². The molecule has 3 heteroatoms. The number of hydrogen-bond donors (Lipinski definition) is 0. The molecule has 2 heterocycles. The third-order valence-electron chi connectivity index (χ3n) is 2.95. The van der Waals surface area contributed by atoms with Crippen LogP contribution in [0.2, 0.25) is 0 Å². The fraction of sp³-hybridized carbons (Fsp3) is 0.636. The summed E-state index contributed by atoms with van der Waals surface area (Å²) in [4.78, 5) is 10.8. The lowest BCUT2D eigenvalue weighted by atomic mass is 9.92. The highest BCUT2D eigenvalue weighted by atomic mass is 15.1. The van der Waals surface area contributed by atoms with Crippen molar-refractivity contribution in [1.29, 1.82) is 0 Å². The molecule has 0 N–H and O–H groups in total. The maximum absolute atomic E-state index is 4.32. The lowest BCUT2D eigenvalue weighted by Crippen LogP contribution is -2.31. The first kappa shape index (κ1) is 9.59. The Balaban J connectivity index is 1.87. The SMILES string of the molecule is CN1CCC(Cc2cnccn2)CC1. The molecule has 0 radical (unpaired) electrons. The Kier molecular flexibility index (Phi) is 3.09. The Morgan fingerprint density at radius 2 is 2.14 bits per heavy atom. The molecule has 1 aromatic heterocycles. The Bertz CT molecular complexity index is 265. The minimum absolute atomic E-state index is 0.808. The van der Waals surface area contributed by atoms with Gasteiger partial charge in [-0.25, -0.2) is 0 Å². The number of piperidine rings is 1. The molecule has 2 rings (SSSR count). The highest BCUT2D eigenvalue weighted by Crippen LogP contribution is 2.19. The highest BCUT2D eigenvalue weighted by molar-refractivity contribution is 4.96. The Hall–Kier alpha value is -0.960. The average molecular weight is 191 g/mol. The molecule has 0 bridgehead atoms. The molecule has 1 aromatic rings. The first-order valence-corrected chi connectivity index (χ1v) is 5.28. The van der Waals surface area contributed by atoms with Crippen molar-refractivity contribution >= 4 is 0 Å². The van der Waals surface area contributed by atoms with Crippen LogP contribution >= 0.6 is 0 Å². The van der Waals surface area contributed by atoms with Gasteiger partial charge in [0.1, 0.15) is 0 Å². The number of rotatable bonds is 2. The quantitative estimate of drug-likeness (QED) is 0.707. The van der Waals surface area contributed by atoms with Gasteiger partial charge in [-0.3, -0.25) is 9.97 Å². The van der Waals surface area contributed by atoms with Crippen molar-refractivity contribution in [2.45, 2.75) is 19.3 Å². The molecule has 0 aromatic carbocycles. The van der Waals surface area contributed by atoms with Crippen LogP contribution in [0, 0.1) is 5.92 Å². The molecule has 3 nitrogen and oxygen atoms in total. The molecule has 76 valence electrons. The van der Waals surface area contributed by atoms with Crippen LogP contribution in [0.15, 0.2) is 18.6 Å². The zero-order valence-corrected chi connectivity index (χ0v) is 8.69. The summed E-state index contributed by atoms with van der Waals surface area (Å²) in [6.07, 6.45) is 9.10. The lowest BCUT2D eigenvalue weighted by Gasteiger charge is -2.28. The van der Waals surface area contributed by atoms with E-state index in [1.54, 1.807) is 12.4 Å². The standard InChI is InChI=1S/C11H17N3/c1-14-6-2-10(3-7-14)8-11-9-12-4-5-13-11/h4-5,9-10H,2-3,6-8H2,1H3. The fourth-order valence-electron chi connectivity index (χ4n) is 2.00. The fourth-order valence-corrected chi connectivity index (χ4v) is 2.00. The highest BCUT2D eigenvalue weighted by Gasteiger charge is 2.17. The Labute approximate surface area is 85.2 Å². The van der Waals surface area contributed by atoms with Gasteiger partial charge < -0.3 is 4.90 Å². The minimum atomic E-state index is 0.808. The summed E-state index contributed by atoms with van der Waals surface area (Å²) >= 11 is 0. The predicted molar refractivity (Wildman–Crippen MR) is 56.0 cm³/mol. The van der Waals surface area contributed by atoms with Crippen molar-refractivity contribution in [3.8, 4) is 0 Å². The molecule has 0 aliphatic carbocycles. The van der Waals surface area contributed by atoms with Crippen LogP contribution in [0.25, 0.3) is 0 Å². The predicted octanol–water partition coefficient (Wildman–Crippen LogP) is 1.36. The molecule has 1 aliphatic heterocycles. The van der Waals surface area contributed by atoms with Gasteiger partial charge in [-0.2, -0.15) is 0 Å². The molecule has 0 atom stereocenters. The zero-order chi connectivity index (χ0) is 9.80. The second kappa shape index (κ2) is 4.51. The van der Waals surface area contributed by atoms with Crippen LogP contribution in [-0.4, -0.2) is 35.0 Å². The van der Waals surface area contributed by atoms with Crippen LogP contribution in [0.5, 0.6) is 0 Å². The number of hydrogen-bond acceptors (Lipinski definition) is 3. The van der Waals surface area contributed by atoms with E-state index >= 15 is 0 Å². The smallest absolute Gasteiger partial charge is 0.0589 e. The molecule has 0 unspecified atom stereocenters. The van der Waals surface area contributed by atoms with E-state index in [1.807, 2.05) is 6.20 Å². The summed E-state index contributed by atoms with van der Waals surface area (Å²) in [5, 5.41) is 0. The third-order valence-corrected chi connectivity index (χ3v) is 2.95. The molecule has 1 saturated heterocycles. The summed E-state index contributed by atoms with van der Waals surface area (Å²) in [6, 6.07) is 0. The van der Waals surface area contributed by atoms with Gasteiger partial charge in [-0.15, -0.1) is 0 Å². The van der Waals surface area contributed by atoms with Gasteiger partial charge in [0.2, 0.25) is 0 Å². The van der Waals surface area contributed by atoms with Gasteiger partial charge in [0.05, 0.1) is 5.69 Å².